The molecule has 0 unspecified atom stereocenters. The number of carbonyl (C=O) groups excluding carboxylic acids is 1. The smallest absolute Gasteiger partial charge is 0.257 e. The molecule has 0 bridgehead atoms. The van der Waals surface area contributed by atoms with Crippen molar-refractivity contribution in [2.24, 2.45) is 0 Å². The van der Waals surface area contributed by atoms with Crippen molar-refractivity contribution in [1.29, 1.82) is 5.26 Å². The predicted octanol–water partition coefficient (Wildman–Crippen LogP) is 5.74. The van der Waals surface area contributed by atoms with Crippen LogP contribution in [0.3, 0.4) is 0 Å². The lowest BCUT2D eigenvalue weighted by Crippen LogP contribution is -2.16. The molecule has 1 heterocycles. The SMILES string of the molecule is Cc1cccc(-c2cc(-c3ccccc3N)nc(NC(=O)c3ccccc3C)c2C#N)c1. The van der Waals surface area contributed by atoms with Gasteiger partial charge < -0.3 is 11.1 Å². The fourth-order valence-corrected chi connectivity index (χ4v) is 3.66. The molecule has 1 amide bonds. The van der Waals surface area contributed by atoms with Gasteiger partial charge in [-0.1, -0.05) is 66.2 Å². The molecule has 0 aliphatic heterocycles. The Labute approximate surface area is 187 Å². The molecule has 4 rings (SSSR count). The maximum Gasteiger partial charge on any atom is 0.257 e. The van der Waals surface area contributed by atoms with E-state index in [4.69, 9.17) is 5.73 Å². The molecular formula is C27H22N4O. The number of pyridine rings is 1. The Morgan fingerprint density at radius 1 is 0.938 bits per heavy atom. The van der Waals surface area contributed by atoms with Crippen LogP contribution in [0.25, 0.3) is 22.4 Å². The third-order valence-corrected chi connectivity index (χ3v) is 5.32. The highest BCUT2D eigenvalue weighted by Crippen LogP contribution is 2.34. The zero-order valence-electron chi connectivity index (χ0n) is 17.9. The fourth-order valence-electron chi connectivity index (χ4n) is 3.66. The maximum atomic E-state index is 13.0. The Morgan fingerprint density at radius 2 is 1.69 bits per heavy atom. The van der Waals surface area contributed by atoms with Crippen molar-refractivity contribution in [2.45, 2.75) is 13.8 Å². The van der Waals surface area contributed by atoms with Crippen LogP contribution in [0.15, 0.2) is 78.9 Å². The Bertz CT molecular complexity index is 1370. The van der Waals surface area contributed by atoms with Crippen LogP contribution < -0.4 is 11.1 Å². The second-order valence-electron chi connectivity index (χ2n) is 7.62. The number of nitrogens with two attached hydrogens (primary N) is 1. The standard InChI is InChI=1S/C27H22N4O/c1-17-8-7-10-19(14-17)22-15-25(21-12-5-6-13-24(21)29)30-26(23(22)16-28)31-27(32)20-11-4-3-9-18(20)2/h3-15H,29H2,1-2H3,(H,30,31,32). The van der Waals surface area contributed by atoms with Crippen LogP contribution in [0.4, 0.5) is 11.5 Å². The van der Waals surface area contributed by atoms with Gasteiger partial charge in [-0.3, -0.25) is 4.79 Å². The summed E-state index contributed by atoms with van der Waals surface area (Å²) in [5, 5.41) is 12.9. The molecule has 0 atom stereocenters. The molecule has 0 aliphatic carbocycles. The summed E-state index contributed by atoms with van der Waals surface area (Å²) in [7, 11) is 0. The number of anilines is 2. The number of amides is 1. The number of para-hydroxylation sites is 1. The number of carbonyl (C=O) groups is 1. The minimum absolute atomic E-state index is 0.206. The number of benzene rings is 3. The molecule has 32 heavy (non-hydrogen) atoms. The van der Waals surface area contributed by atoms with Gasteiger partial charge in [-0.05, 0) is 43.2 Å². The molecule has 5 nitrogen and oxygen atoms in total. The van der Waals surface area contributed by atoms with Crippen molar-refractivity contribution in [3.05, 3.63) is 101 Å². The van der Waals surface area contributed by atoms with Crippen LogP contribution in [0.1, 0.15) is 27.0 Å². The van der Waals surface area contributed by atoms with Crippen molar-refractivity contribution in [3.63, 3.8) is 0 Å². The lowest BCUT2D eigenvalue weighted by molar-refractivity contribution is 0.102. The van der Waals surface area contributed by atoms with Crippen molar-refractivity contribution in [3.8, 4) is 28.5 Å². The van der Waals surface area contributed by atoms with Crippen molar-refractivity contribution in [2.75, 3.05) is 11.1 Å². The van der Waals surface area contributed by atoms with Gasteiger partial charge in [0.1, 0.15) is 11.6 Å². The second-order valence-corrected chi connectivity index (χ2v) is 7.62. The van der Waals surface area contributed by atoms with Gasteiger partial charge in [-0.2, -0.15) is 5.26 Å². The number of aryl methyl sites for hydroxylation is 2. The molecule has 0 saturated heterocycles. The lowest BCUT2D eigenvalue weighted by Gasteiger charge is -2.15. The fraction of sp³-hybridized carbons (Fsp3) is 0.0741. The van der Waals surface area contributed by atoms with E-state index in [2.05, 4.69) is 16.4 Å². The van der Waals surface area contributed by atoms with Gasteiger partial charge in [-0.15, -0.1) is 0 Å². The minimum atomic E-state index is -0.319. The van der Waals surface area contributed by atoms with E-state index in [-0.39, 0.29) is 11.7 Å². The number of nitrogen functional groups attached to an aromatic ring is 1. The Hall–Kier alpha value is -4.43. The molecule has 0 aliphatic rings. The van der Waals surface area contributed by atoms with E-state index in [0.29, 0.717) is 28.1 Å². The monoisotopic (exact) mass is 418 g/mol. The zero-order chi connectivity index (χ0) is 22.7. The third kappa shape index (κ3) is 4.07. The van der Waals surface area contributed by atoms with Crippen LogP contribution in [-0.2, 0) is 0 Å². The van der Waals surface area contributed by atoms with Crippen LogP contribution in [0, 0.1) is 25.2 Å². The van der Waals surface area contributed by atoms with E-state index in [0.717, 1.165) is 22.3 Å². The van der Waals surface area contributed by atoms with E-state index in [1.807, 2.05) is 74.5 Å². The summed E-state index contributed by atoms with van der Waals surface area (Å²) >= 11 is 0. The number of nitrogens with zero attached hydrogens (tertiary/aromatic N) is 2. The summed E-state index contributed by atoms with van der Waals surface area (Å²) in [6.07, 6.45) is 0. The predicted molar refractivity (Wildman–Crippen MR) is 128 cm³/mol. The Balaban J connectivity index is 1.92. The van der Waals surface area contributed by atoms with Gasteiger partial charge >= 0.3 is 0 Å². The molecule has 0 saturated carbocycles. The number of rotatable bonds is 4. The van der Waals surface area contributed by atoms with E-state index in [1.165, 1.54) is 0 Å². The van der Waals surface area contributed by atoms with Crippen LogP contribution >= 0.6 is 0 Å². The van der Waals surface area contributed by atoms with E-state index >= 15 is 0 Å². The molecule has 156 valence electrons. The summed E-state index contributed by atoms with van der Waals surface area (Å²) in [6, 6.07) is 26.7. The normalized spacial score (nSPS) is 10.4. The molecule has 1 aromatic heterocycles. The molecule has 0 spiro atoms. The number of hydrogen-bond donors (Lipinski definition) is 2. The van der Waals surface area contributed by atoms with Crippen molar-refractivity contribution >= 4 is 17.4 Å². The summed E-state index contributed by atoms with van der Waals surface area (Å²) in [6.45, 7) is 3.86. The first-order valence-corrected chi connectivity index (χ1v) is 10.2. The van der Waals surface area contributed by atoms with Gasteiger partial charge in [0, 0.05) is 22.4 Å². The van der Waals surface area contributed by atoms with Gasteiger partial charge in [-0.25, -0.2) is 4.98 Å². The minimum Gasteiger partial charge on any atom is -0.398 e. The molecule has 0 fully saturated rings. The third-order valence-electron chi connectivity index (χ3n) is 5.32. The highest BCUT2D eigenvalue weighted by atomic mass is 16.1. The van der Waals surface area contributed by atoms with Crippen LogP contribution in [0.2, 0.25) is 0 Å². The Morgan fingerprint density at radius 3 is 2.41 bits per heavy atom. The van der Waals surface area contributed by atoms with Crippen molar-refractivity contribution < 1.29 is 4.79 Å². The summed E-state index contributed by atoms with van der Waals surface area (Å²) < 4.78 is 0. The summed E-state index contributed by atoms with van der Waals surface area (Å²) in [4.78, 5) is 17.7. The first kappa shape index (κ1) is 20.8. The molecule has 3 N–H and O–H groups in total. The highest BCUT2D eigenvalue weighted by Gasteiger charge is 2.19. The quantitative estimate of drug-likeness (QED) is 0.414. The van der Waals surface area contributed by atoms with E-state index in [1.54, 1.807) is 18.2 Å². The van der Waals surface area contributed by atoms with Gasteiger partial charge in [0.15, 0.2) is 5.82 Å². The number of nitriles is 1. The summed E-state index contributed by atoms with van der Waals surface area (Å²) in [5.74, 6) is -0.113. The van der Waals surface area contributed by atoms with Crippen LogP contribution in [0.5, 0.6) is 0 Å². The number of aromatic nitrogens is 1. The van der Waals surface area contributed by atoms with Gasteiger partial charge in [0.05, 0.1) is 5.69 Å². The second kappa shape index (κ2) is 8.75. The first-order chi connectivity index (χ1) is 15.5. The van der Waals surface area contributed by atoms with Crippen LogP contribution in [-0.4, -0.2) is 10.9 Å². The largest absolute Gasteiger partial charge is 0.398 e. The molecule has 0 radical (unpaired) electrons. The average Bonchev–Trinajstić information content (AvgIpc) is 2.79. The van der Waals surface area contributed by atoms with E-state index < -0.39 is 0 Å². The zero-order valence-corrected chi connectivity index (χ0v) is 17.9. The summed E-state index contributed by atoms with van der Waals surface area (Å²) in [5.41, 5.74) is 12.4. The topological polar surface area (TPSA) is 91.8 Å². The first-order valence-electron chi connectivity index (χ1n) is 10.2. The average molecular weight is 419 g/mol. The number of nitrogens with one attached hydrogen (secondary N) is 1. The van der Waals surface area contributed by atoms with Crippen molar-refractivity contribution in [1.82, 2.24) is 4.98 Å². The Kier molecular flexibility index (Phi) is 5.69. The van der Waals surface area contributed by atoms with Gasteiger partial charge in [0.25, 0.3) is 5.91 Å². The maximum absolute atomic E-state index is 13.0. The molecule has 3 aromatic carbocycles. The lowest BCUT2D eigenvalue weighted by atomic mass is 9.96. The molecule has 4 aromatic rings. The highest BCUT2D eigenvalue weighted by molar-refractivity contribution is 6.06. The van der Waals surface area contributed by atoms with Gasteiger partial charge in [0.2, 0.25) is 0 Å². The van der Waals surface area contributed by atoms with E-state index in [9.17, 15) is 10.1 Å². The number of hydrogen-bond acceptors (Lipinski definition) is 4. The molecule has 5 heteroatoms. The molecular weight excluding hydrogens is 396 g/mol.